The summed E-state index contributed by atoms with van der Waals surface area (Å²) in [7, 11) is 3.01. The summed E-state index contributed by atoms with van der Waals surface area (Å²) >= 11 is 0. The SMILES string of the molecule is COc1cccc(CNC(=O)c2c(OC)cc(=O)n3c2CCN(C(=O)c2ccoc2C)CC3)c1. The van der Waals surface area contributed by atoms with Crippen LogP contribution in [-0.2, 0) is 19.5 Å². The van der Waals surface area contributed by atoms with Crippen molar-refractivity contribution in [2.75, 3.05) is 27.3 Å². The zero-order valence-corrected chi connectivity index (χ0v) is 19.4. The normalized spacial score (nSPS) is 13.1. The van der Waals surface area contributed by atoms with Crippen LogP contribution >= 0.6 is 0 Å². The Kier molecular flexibility index (Phi) is 6.72. The van der Waals surface area contributed by atoms with Crippen LogP contribution in [0.15, 0.2) is 51.9 Å². The van der Waals surface area contributed by atoms with Gasteiger partial charge in [-0.25, -0.2) is 0 Å². The zero-order valence-electron chi connectivity index (χ0n) is 19.4. The molecule has 0 saturated carbocycles. The molecule has 1 aliphatic rings. The third-order valence-corrected chi connectivity index (χ3v) is 6.00. The second kappa shape index (κ2) is 9.86. The molecule has 3 aromatic rings. The molecule has 1 aliphatic heterocycles. The minimum absolute atomic E-state index is 0.164. The van der Waals surface area contributed by atoms with Crippen LogP contribution in [0.3, 0.4) is 0 Å². The minimum Gasteiger partial charge on any atom is -0.497 e. The number of pyridine rings is 1. The third kappa shape index (κ3) is 4.54. The first kappa shape index (κ1) is 23.2. The Labute approximate surface area is 196 Å². The van der Waals surface area contributed by atoms with Crippen LogP contribution in [0, 0.1) is 6.92 Å². The highest BCUT2D eigenvalue weighted by molar-refractivity contribution is 5.98. The Bertz CT molecular complexity index is 1280. The van der Waals surface area contributed by atoms with Gasteiger partial charge in [0.15, 0.2) is 0 Å². The maximum atomic E-state index is 13.3. The highest BCUT2D eigenvalue weighted by Crippen LogP contribution is 2.24. The second-order valence-corrected chi connectivity index (χ2v) is 7.99. The molecule has 9 heteroatoms. The van der Waals surface area contributed by atoms with E-state index in [1.807, 2.05) is 24.3 Å². The molecular weight excluding hydrogens is 438 g/mol. The van der Waals surface area contributed by atoms with Crippen molar-refractivity contribution >= 4 is 11.8 Å². The van der Waals surface area contributed by atoms with Gasteiger partial charge in [-0.3, -0.25) is 14.4 Å². The van der Waals surface area contributed by atoms with E-state index in [-0.39, 0.29) is 36.2 Å². The van der Waals surface area contributed by atoms with Crippen molar-refractivity contribution < 1.29 is 23.5 Å². The smallest absolute Gasteiger partial charge is 0.257 e. The summed E-state index contributed by atoms with van der Waals surface area (Å²) in [6.45, 7) is 2.98. The van der Waals surface area contributed by atoms with Crippen LogP contribution < -0.4 is 20.3 Å². The lowest BCUT2D eigenvalue weighted by atomic mass is 10.1. The maximum Gasteiger partial charge on any atom is 0.257 e. The number of hydrogen-bond acceptors (Lipinski definition) is 6. The third-order valence-electron chi connectivity index (χ3n) is 6.00. The van der Waals surface area contributed by atoms with Gasteiger partial charge in [-0.1, -0.05) is 12.1 Å². The van der Waals surface area contributed by atoms with Gasteiger partial charge in [0, 0.05) is 44.4 Å². The van der Waals surface area contributed by atoms with Crippen LogP contribution in [-0.4, -0.2) is 48.6 Å². The van der Waals surface area contributed by atoms with E-state index in [1.54, 1.807) is 29.6 Å². The first-order valence-corrected chi connectivity index (χ1v) is 11.0. The van der Waals surface area contributed by atoms with Gasteiger partial charge < -0.3 is 28.7 Å². The number of rotatable bonds is 6. The van der Waals surface area contributed by atoms with Gasteiger partial charge in [-0.05, 0) is 30.7 Å². The largest absolute Gasteiger partial charge is 0.497 e. The van der Waals surface area contributed by atoms with Gasteiger partial charge in [0.05, 0.1) is 26.0 Å². The van der Waals surface area contributed by atoms with Crippen molar-refractivity contribution in [3.8, 4) is 11.5 Å². The van der Waals surface area contributed by atoms with Gasteiger partial charge in [0.2, 0.25) is 0 Å². The number of aryl methyl sites for hydroxylation is 1. The quantitative estimate of drug-likeness (QED) is 0.600. The van der Waals surface area contributed by atoms with Crippen LogP contribution in [0.2, 0.25) is 0 Å². The molecule has 0 spiro atoms. The molecule has 2 aromatic heterocycles. The Balaban J connectivity index is 1.60. The number of nitrogens with zero attached hydrogens (tertiary/aromatic N) is 2. The summed E-state index contributed by atoms with van der Waals surface area (Å²) in [6, 6.07) is 10.4. The molecule has 1 N–H and O–H groups in total. The van der Waals surface area contributed by atoms with E-state index >= 15 is 0 Å². The number of carbonyl (C=O) groups excluding carboxylic acids is 2. The van der Waals surface area contributed by atoms with E-state index in [2.05, 4.69) is 5.32 Å². The van der Waals surface area contributed by atoms with Crippen LogP contribution in [0.25, 0.3) is 0 Å². The fourth-order valence-electron chi connectivity index (χ4n) is 4.19. The lowest BCUT2D eigenvalue weighted by Gasteiger charge is -2.19. The van der Waals surface area contributed by atoms with Crippen molar-refractivity contribution in [1.82, 2.24) is 14.8 Å². The van der Waals surface area contributed by atoms with Crippen molar-refractivity contribution in [3.05, 3.63) is 81.2 Å². The number of furan rings is 1. The van der Waals surface area contributed by atoms with Gasteiger partial charge >= 0.3 is 0 Å². The van der Waals surface area contributed by atoms with E-state index in [9.17, 15) is 14.4 Å². The highest BCUT2D eigenvalue weighted by atomic mass is 16.5. The minimum atomic E-state index is -0.353. The average Bonchev–Trinajstić information content (AvgIpc) is 3.15. The van der Waals surface area contributed by atoms with Gasteiger partial charge in [-0.2, -0.15) is 0 Å². The number of ether oxygens (including phenoxy) is 2. The van der Waals surface area contributed by atoms with Gasteiger partial charge in [-0.15, -0.1) is 0 Å². The molecule has 178 valence electrons. The highest BCUT2D eigenvalue weighted by Gasteiger charge is 2.27. The first-order valence-electron chi connectivity index (χ1n) is 11.0. The fraction of sp³-hybridized carbons (Fsp3) is 0.320. The molecule has 3 heterocycles. The Morgan fingerprint density at radius 1 is 1.09 bits per heavy atom. The molecule has 0 aliphatic carbocycles. The van der Waals surface area contributed by atoms with E-state index in [4.69, 9.17) is 13.9 Å². The molecule has 4 rings (SSSR count). The Morgan fingerprint density at radius 2 is 1.91 bits per heavy atom. The van der Waals surface area contributed by atoms with Crippen LogP contribution in [0.4, 0.5) is 0 Å². The number of nitrogens with one attached hydrogen (secondary N) is 1. The lowest BCUT2D eigenvalue weighted by Crippen LogP contribution is -2.34. The van der Waals surface area contributed by atoms with E-state index < -0.39 is 0 Å². The van der Waals surface area contributed by atoms with Gasteiger partial charge in [0.1, 0.15) is 22.8 Å². The van der Waals surface area contributed by atoms with Crippen LogP contribution in [0.1, 0.15) is 37.7 Å². The number of aromatic nitrogens is 1. The fourth-order valence-corrected chi connectivity index (χ4v) is 4.19. The number of methoxy groups -OCH3 is 2. The summed E-state index contributed by atoms with van der Waals surface area (Å²) in [5, 5.41) is 2.91. The van der Waals surface area contributed by atoms with Gasteiger partial charge in [0.25, 0.3) is 17.4 Å². The number of hydrogen-bond donors (Lipinski definition) is 1. The van der Waals surface area contributed by atoms with E-state index in [0.29, 0.717) is 47.8 Å². The summed E-state index contributed by atoms with van der Waals surface area (Å²) in [4.78, 5) is 40.7. The Morgan fingerprint density at radius 3 is 2.62 bits per heavy atom. The predicted molar refractivity (Wildman–Crippen MR) is 124 cm³/mol. The lowest BCUT2D eigenvalue weighted by molar-refractivity contribution is 0.0757. The molecule has 0 saturated heterocycles. The zero-order chi connectivity index (χ0) is 24.2. The summed E-state index contributed by atoms with van der Waals surface area (Å²) < 4.78 is 17.5. The molecule has 9 nitrogen and oxygen atoms in total. The standard InChI is InChI=1S/C25H27N3O6/c1-16-19(8-12-34-16)25(31)27-9-7-20-23(21(33-3)14-22(29)28(20)11-10-27)24(30)26-15-17-5-4-6-18(13-17)32-2/h4-6,8,12-14H,7,9-11,15H2,1-3H3,(H,26,30). The molecule has 0 unspecified atom stereocenters. The number of fused-ring (bicyclic) bond motifs is 1. The predicted octanol–water partition coefficient (Wildman–Crippen LogP) is 2.40. The molecule has 0 bridgehead atoms. The number of carbonyl (C=O) groups is 2. The van der Waals surface area contributed by atoms with Crippen molar-refractivity contribution in [1.29, 1.82) is 0 Å². The molecule has 0 atom stereocenters. The monoisotopic (exact) mass is 465 g/mol. The summed E-state index contributed by atoms with van der Waals surface area (Å²) in [5.41, 5.74) is 1.95. The Hall–Kier alpha value is -4.01. The number of amides is 2. The molecular formula is C25H27N3O6. The summed E-state index contributed by atoms with van der Waals surface area (Å²) in [6.07, 6.45) is 1.81. The molecule has 2 amide bonds. The van der Waals surface area contributed by atoms with Crippen molar-refractivity contribution in [2.45, 2.75) is 26.4 Å². The van der Waals surface area contributed by atoms with E-state index in [1.165, 1.54) is 19.4 Å². The molecule has 1 aromatic carbocycles. The van der Waals surface area contributed by atoms with E-state index in [0.717, 1.165) is 5.56 Å². The topological polar surface area (TPSA) is 103 Å². The van der Waals surface area contributed by atoms with Crippen molar-refractivity contribution in [2.24, 2.45) is 0 Å². The molecule has 0 fully saturated rings. The maximum absolute atomic E-state index is 13.3. The first-order chi connectivity index (χ1) is 16.4. The summed E-state index contributed by atoms with van der Waals surface area (Å²) in [5.74, 6) is 0.937. The van der Waals surface area contributed by atoms with Crippen molar-refractivity contribution in [3.63, 3.8) is 0 Å². The second-order valence-electron chi connectivity index (χ2n) is 7.99. The molecule has 34 heavy (non-hydrogen) atoms. The van der Waals surface area contributed by atoms with Crippen LogP contribution in [0.5, 0.6) is 11.5 Å². The average molecular weight is 466 g/mol. The molecule has 0 radical (unpaired) electrons. The number of benzene rings is 1.